The molecule has 3 nitrogen and oxygen atoms in total. The maximum absolute atomic E-state index is 12.0. The first-order valence-corrected chi connectivity index (χ1v) is 7.34. The maximum atomic E-state index is 12.0. The van der Waals surface area contributed by atoms with Crippen molar-refractivity contribution in [2.45, 2.75) is 16.6 Å². The number of thioether (sulfide) groups is 1. The van der Waals surface area contributed by atoms with Gasteiger partial charge in [-0.25, -0.2) is 0 Å². The van der Waals surface area contributed by atoms with E-state index >= 15 is 0 Å². The molecule has 1 amide bonds. The van der Waals surface area contributed by atoms with Crippen LogP contribution in [0.1, 0.15) is 17.2 Å². The summed E-state index contributed by atoms with van der Waals surface area (Å²) in [4.78, 5) is 13.1. The van der Waals surface area contributed by atoms with Gasteiger partial charge in [0.1, 0.15) is 5.75 Å². The summed E-state index contributed by atoms with van der Waals surface area (Å²) in [5.41, 5.74) is 2.04. The predicted octanol–water partition coefficient (Wildman–Crippen LogP) is 3.87. The van der Waals surface area contributed by atoms with E-state index in [0.717, 1.165) is 21.9 Å². The third kappa shape index (κ3) is 2.65. The zero-order valence-electron chi connectivity index (χ0n) is 11.1. The molecule has 1 heterocycles. The molecule has 0 radical (unpaired) electrons. The predicted molar refractivity (Wildman–Crippen MR) is 81.3 cm³/mol. The van der Waals surface area contributed by atoms with Crippen LogP contribution in [0.3, 0.4) is 0 Å². The van der Waals surface area contributed by atoms with Gasteiger partial charge in [0.2, 0.25) is 5.91 Å². The van der Waals surface area contributed by atoms with Gasteiger partial charge in [-0.2, -0.15) is 0 Å². The number of fused-ring (bicyclic) bond motifs is 1. The molecule has 1 aliphatic heterocycles. The number of benzene rings is 2. The van der Waals surface area contributed by atoms with E-state index in [2.05, 4.69) is 5.32 Å². The van der Waals surface area contributed by atoms with E-state index in [-0.39, 0.29) is 11.2 Å². The molecular weight excluding hydrogens is 270 g/mol. The van der Waals surface area contributed by atoms with Crippen LogP contribution >= 0.6 is 11.8 Å². The molecule has 0 spiro atoms. The minimum atomic E-state index is 0.0586. The third-order valence-electron chi connectivity index (χ3n) is 3.29. The number of hydrogen-bond acceptors (Lipinski definition) is 3. The van der Waals surface area contributed by atoms with Crippen molar-refractivity contribution in [2.75, 3.05) is 12.4 Å². The highest BCUT2D eigenvalue weighted by molar-refractivity contribution is 7.99. The molecule has 0 bridgehead atoms. The van der Waals surface area contributed by atoms with Crippen LogP contribution in [-0.2, 0) is 4.79 Å². The Morgan fingerprint density at radius 1 is 1.15 bits per heavy atom. The van der Waals surface area contributed by atoms with Crippen molar-refractivity contribution >= 4 is 23.4 Å². The van der Waals surface area contributed by atoms with Crippen molar-refractivity contribution in [3.05, 3.63) is 54.1 Å². The fourth-order valence-electron chi connectivity index (χ4n) is 2.24. The molecule has 0 fully saturated rings. The van der Waals surface area contributed by atoms with Gasteiger partial charge in [0.25, 0.3) is 0 Å². The smallest absolute Gasteiger partial charge is 0.225 e. The second kappa shape index (κ2) is 5.59. The van der Waals surface area contributed by atoms with E-state index in [9.17, 15) is 4.79 Å². The molecule has 20 heavy (non-hydrogen) atoms. The van der Waals surface area contributed by atoms with Gasteiger partial charge in [-0.15, -0.1) is 11.8 Å². The van der Waals surface area contributed by atoms with Gasteiger partial charge in [0.15, 0.2) is 0 Å². The van der Waals surface area contributed by atoms with E-state index in [1.165, 1.54) is 0 Å². The second-order valence-corrected chi connectivity index (χ2v) is 5.87. The molecule has 1 atom stereocenters. The molecule has 102 valence electrons. The molecule has 0 aliphatic carbocycles. The fourth-order valence-corrected chi connectivity index (χ4v) is 3.48. The van der Waals surface area contributed by atoms with Crippen molar-refractivity contribution < 1.29 is 9.53 Å². The van der Waals surface area contributed by atoms with Crippen LogP contribution in [0, 0.1) is 0 Å². The molecule has 2 aromatic rings. The van der Waals surface area contributed by atoms with Crippen molar-refractivity contribution in [2.24, 2.45) is 0 Å². The third-order valence-corrected chi connectivity index (χ3v) is 4.62. The molecule has 1 aliphatic rings. The topological polar surface area (TPSA) is 38.3 Å². The number of methoxy groups -OCH3 is 1. The van der Waals surface area contributed by atoms with Gasteiger partial charge in [-0.05, 0) is 29.8 Å². The van der Waals surface area contributed by atoms with Crippen LogP contribution in [0.5, 0.6) is 5.75 Å². The summed E-state index contributed by atoms with van der Waals surface area (Å²) in [6.07, 6.45) is 0.478. The van der Waals surface area contributed by atoms with E-state index in [0.29, 0.717) is 6.42 Å². The molecule has 0 unspecified atom stereocenters. The first kappa shape index (κ1) is 13.1. The molecule has 1 N–H and O–H groups in total. The summed E-state index contributed by atoms with van der Waals surface area (Å²) >= 11 is 1.72. The second-order valence-electron chi connectivity index (χ2n) is 4.63. The lowest BCUT2D eigenvalue weighted by Gasteiger charge is -2.14. The van der Waals surface area contributed by atoms with Crippen LogP contribution in [0.15, 0.2) is 53.4 Å². The van der Waals surface area contributed by atoms with Crippen LogP contribution < -0.4 is 10.1 Å². The van der Waals surface area contributed by atoms with E-state index in [1.807, 2.05) is 48.5 Å². The largest absolute Gasteiger partial charge is 0.497 e. The number of carbonyl (C=O) groups excluding carboxylic acids is 1. The number of amides is 1. The van der Waals surface area contributed by atoms with Gasteiger partial charge in [-0.3, -0.25) is 4.79 Å². The summed E-state index contributed by atoms with van der Waals surface area (Å²) in [5, 5.41) is 3.09. The normalized spacial score (nSPS) is 17.9. The average molecular weight is 285 g/mol. The number of hydrogen-bond donors (Lipinski definition) is 1. The minimum absolute atomic E-state index is 0.0586. The van der Waals surface area contributed by atoms with Crippen molar-refractivity contribution in [1.82, 2.24) is 0 Å². The van der Waals surface area contributed by atoms with Gasteiger partial charge in [0, 0.05) is 16.6 Å². The highest BCUT2D eigenvalue weighted by Gasteiger charge is 2.23. The van der Waals surface area contributed by atoms with Gasteiger partial charge < -0.3 is 10.1 Å². The summed E-state index contributed by atoms with van der Waals surface area (Å²) in [7, 11) is 1.65. The Labute approximate surface area is 122 Å². The molecule has 4 heteroatoms. The van der Waals surface area contributed by atoms with Crippen molar-refractivity contribution in [3.63, 3.8) is 0 Å². The molecular formula is C16H15NO2S. The van der Waals surface area contributed by atoms with Crippen LogP contribution in [-0.4, -0.2) is 13.0 Å². The summed E-state index contributed by atoms with van der Waals surface area (Å²) in [6, 6.07) is 15.8. The number of rotatable bonds is 2. The Kier molecular flexibility index (Phi) is 3.65. The lowest BCUT2D eigenvalue weighted by atomic mass is 10.1. The number of anilines is 1. The lowest BCUT2D eigenvalue weighted by molar-refractivity contribution is -0.116. The Morgan fingerprint density at radius 3 is 2.65 bits per heavy atom. The summed E-state index contributed by atoms with van der Waals surface area (Å²) in [6.45, 7) is 0. The molecule has 0 saturated heterocycles. The zero-order valence-corrected chi connectivity index (χ0v) is 11.9. The zero-order chi connectivity index (χ0) is 13.9. The van der Waals surface area contributed by atoms with E-state index in [4.69, 9.17) is 4.74 Å². The standard InChI is InChI=1S/C16H15NO2S/c1-19-12-8-6-11(7-9-12)15-10-16(18)17-13-4-2-3-5-14(13)20-15/h2-9,15H,10H2,1H3,(H,17,18)/t15-/m1/s1. The summed E-state index contributed by atoms with van der Waals surface area (Å²) < 4.78 is 5.17. The number of carbonyl (C=O) groups is 1. The van der Waals surface area contributed by atoms with E-state index < -0.39 is 0 Å². The number of ether oxygens (including phenoxy) is 1. The fraction of sp³-hybridized carbons (Fsp3) is 0.188. The van der Waals surface area contributed by atoms with Crippen LogP contribution in [0.4, 0.5) is 5.69 Å². The Balaban J connectivity index is 1.91. The SMILES string of the molecule is COc1ccc([C@H]2CC(=O)Nc3ccccc3S2)cc1. The highest BCUT2D eigenvalue weighted by Crippen LogP contribution is 2.43. The molecule has 0 saturated carbocycles. The van der Waals surface area contributed by atoms with Gasteiger partial charge in [-0.1, -0.05) is 24.3 Å². The first-order chi connectivity index (χ1) is 9.76. The average Bonchev–Trinajstić information content (AvgIpc) is 2.65. The first-order valence-electron chi connectivity index (χ1n) is 6.46. The highest BCUT2D eigenvalue weighted by atomic mass is 32.2. The number of nitrogens with one attached hydrogen (secondary N) is 1. The van der Waals surface area contributed by atoms with Gasteiger partial charge >= 0.3 is 0 Å². The molecule has 3 rings (SSSR count). The maximum Gasteiger partial charge on any atom is 0.225 e. The monoisotopic (exact) mass is 285 g/mol. The van der Waals surface area contributed by atoms with Gasteiger partial charge in [0.05, 0.1) is 12.8 Å². The molecule has 0 aromatic heterocycles. The quantitative estimate of drug-likeness (QED) is 0.910. The lowest BCUT2D eigenvalue weighted by Crippen LogP contribution is -2.11. The summed E-state index contributed by atoms with van der Waals surface area (Å²) in [5.74, 6) is 0.889. The van der Waals surface area contributed by atoms with Crippen molar-refractivity contribution in [3.8, 4) is 5.75 Å². The van der Waals surface area contributed by atoms with Crippen molar-refractivity contribution in [1.29, 1.82) is 0 Å². The Morgan fingerprint density at radius 2 is 1.90 bits per heavy atom. The molecule has 2 aromatic carbocycles. The van der Waals surface area contributed by atoms with E-state index in [1.54, 1.807) is 18.9 Å². The Bertz CT molecular complexity index is 625. The number of para-hydroxylation sites is 1. The van der Waals surface area contributed by atoms with Crippen LogP contribution in [0.25, 0.3) is 0 Å². The van der Waals surface area contributed by atoms with Crippen LogP contribution in [0.2, 0.25) is 0 Å². The Hall–Kier alpha value is -1.94. The minimum Gasteiger partial charge on any atom is -0.497 e.